The number of carbonyl (C=O) groups is 1. The number of nitrogens with one attached hydrogen (secondary N) is 2. The predicted octanol–water partition coefficient (Wildman–Crippen LogP) is 1.97. The molecule has 92 valence electrons. The van der Waals surface area contributed by atoms with Gasteiger partial charge in [-0.3, -0.25) is 4.79 Å². The van der Waals surface area contributed by atoms with Crippen LogP contribution in [0, 0.1) is 0 Å². The van der Waals surface area contributed by atoms with Crippen LogP contribution in [-0.4, -0.2) is 24.0 Å². The Balaban J connectivity index is 1.67. The van der Waals surface area contributed by atoms with Gasteiger partial charge in [0, 0.05) is 18.0 Å². The number of rotatable bonds is 5. The molecule has 1 aliphatic heterocycles. The molecule has 1 saturated heterocycles. The van der Waals surface area contributed by atoms with Gasteiger partial charge in [0.25, 0.3) is 0 Å². The Morgan fingerprint density at radius 3 is 2.75 bits per heavy atom. The lowest BCUT2D eigenvalue weighted by atomic mass is 9.75. The highest BCUT2D eigenvalue weighted by atomic mass is 16.1. The molecular formula is C13H24N2O. The molecule has 2 N–H and O–H groups in total. The summed E-state index contributed by atoms with van der Waals surface area (Å²) in [7, 11) is 0. The van der Waals surface area contributed by atoms with E-state index in [0.717, 1.165) is 19.4 Å². The summed E-state index contributed by atoms with van der Waals surface area (Å²) in [6, 6.07) is 0.588. The zero-order valence-electron chi connectivity index (χ0n) is 10.3. The van der Waals surface area contributed by atoms with Crippen LogP contribution in [0.4, 0.5) is 0 Å². The van der Waals surface area contributed by atoms with E-state index in [1.54, 1.807) is 0 Å². The van der Waals surface area contributed by atoms with Gasteiger partial charge in [-0.15, -0.1) is 0 Å². The molecule has 1 saturated carbocycles. The van der Waals surface area contributed by atoms with Crippen LogP contribution >= 0.6 is 0 Å². The lowest BCUT2D eigenvalue weighted by Gasteiger charge is -2.42. The standard InChI is InChI=1S/C13H24N2O/c1-2-13(8-4-9-13)15-12(16)7-6-11-5-3-10-14-11/h11,14H,2-10H2,1H3,(H,15,16). The van der Waals surface area contributed by atoms with E-state index < -0.39 is 0 Å². The molecule has 1 unspecified atom stereocenters. The van der Waals surface area contributed by atoms with Crippen LogP contribution in [0.5, 0.6) is 0 Å². The maximum Gasteiger partial charge on any atom is 0.220 e. The summed E-state index contributed by atoms with van der Waals surface area (Å²) in [5.74, 6) is 0.259. The fraction of sp³-hybridized carbons (Fsp3) is 0.923. The Bertz CT molecular complexity index is 237. The molecule has 3 nitrogen and oxygen atoms in total. The highest BCUT2D eigenvalue weighted by molar-refractivity contribution is 5.77. The van der Waals surface area contributed by atoms with Gasteiger partial charge in [-0.05, 0) is 51.5 Å². The smallest absolute Gasteiger partial charge is 0.220 e. The molecule has 1 atom stereocenters. The third-order valence-corrected chi connectivity index (χ3v) is 4.27. The molecule has 0 bridgehead atoms. The van der Waals surface area contributed by atoms with Crippen LogP contribution in [-0.2, 0) is 4.79 Å². The van der Waals surface area contributed by atoms with Gasteiger partial charge in [0.15, 0.2) is 0 Å². The van der Waals surface area contributed by atoms with Gasteiger partial charge in [0.2, 0.25) is 5.91 Å². The van der Waals surface area contributed by atoms with Crippen molar-refractivity contribution < 1.29 is 4.79 Å². The summed E-state index contributed by atoms with van der Waals surface area (Å²) in [5, 5.41) is 6.67. The van der Waals surface area contributed by atoms with Crippen LogP contribution in [0.1, 0.15) is 58.3 Å². The minimum absolute atomic E-state index is 0.167. The first kappa shape index (κ1) is 11.9. The third-order valence-electron chi connectivity index (χ3n) is 4.27. The zero-order chi connectivity index (χ0) is 11.4. The van der Waals surface area contributed by atoms with E-state index in [-0.39, 0.29) is 11.4 Å². The second kappa shape index (κ2) is 5.17. The Morgan fingerprint density at radius 1 is 1.44 bits per heavy atom. The van der Waals surface area contributed by atoms with E-state index in [0.29, 0.717) is 12.5 Å². The van der Waals surface area contributed by atoms with E-state index in [2.05, 4.69) is 17.6 Å². The van der Waals surface area contributed by atoms with E-state index in [4.69, 9.17) is 0 Å². The Hall–Kier alpha value is -0.570. The number of hydrogen-bond donors (Lipinski definition) is 2. The highest BCUT2D eigenvalue weighted by Crippen LogP contribution is 2.34. The summed E-state index contributed by atoms with van der Waals surface area (Å²) in [6.07, 6.45) is 8.93. The predicted molar refractivity (Wildman–Crippen MR) is 65.3 cm³/mol. The van der Waals surface area contributed by atoms with Gasteiger partial charge in [0.1, 0.15) is 0 Å². The summed E-state index contributed by atoms with van der Waals surface area (Å²) in [5.41, 5.74) is 0.167. The van der Waals surface area contributed by atoms with Crippen molar-refractivity contribution in [2.24, 2.45) is 0 Å². The van der Waals surface area contributed by atoms with Crippen molar-refractivity contribution in [3.63, 3.8) is 0 Å². The fourth-order valence-electron chi connectivity index (χ4n) is 2.84. The molecular weight excluding hydrogens is 200 g/mol. The fourth-order valence-corrected chi connectivity index (χ4v) is 2.84. The van der Waals surface area contributed by atoms with Gasteiger partial charge in [-0.25, -0.2) is 0 Å². The second-order valence-corrected chi connectivity index (χ2v) is 5.37. The highest BCUT2D eigenvalue weighted by Gasteiger charge is 2.36. The summed E-state index contributed by atoms with van der Waals surface area (Å²) in [6.45, 7) is 3.31. The Morgan fingerprint density at radius 2 is 2.25 bits per heavy atom. The first-order valence-corrected chi connectivity index (χ1v) is 6.78. The number of hydrogen-bond acceptors (Lipinski definition) is 2. The monoisotopic (exact) mass is 224 g/mol. The lowest BCUT2D eigenvalue weighted by molar-refractivity contribution is -0.124. The first-order valence-electron chi connectivity index (χ1n) is 6.78. The van der Waals surface area contributed by atoms with Crippen molar-refractivity contribution in [1.29, 1.82) is 0 Å². The van der Waals surface area contributed by atoms with Crippen molar-refractivity contribution in [2.45, 2.75) is 69.9 Å². The van der Waals surface area contributed by atoms with Gasteiger partial charge in [0.05, 0.1) is 0 Å². The molecule has 1 amide bonds. The van der Waals surface area contributed by atoms with Gasteiger partial charge in [-0.1, -0.05) is 6.92 Å². The SMILES string of the molecule is CCC1(NC(=O)CCC2CCCN2)CCC1. The Kier molecular flexibility index (Phi) is 3.85. The summed E-state index contributed by atoms with van der Waals surface area (Å²) < 4.78 is 0. The molecule has 1 heterocycles. The average molecular weight is 224 g/mol. The molecule has 16 heavy (non-hydrogen) atoms. The molecule has 0 spiro atoms. The van der Waals surface area contributed by atoms with Crippen molar-refractivity contribution in [2.75, 3.05) is 6.54 Å². The normalized spacial score (nSPS) is 27.4. The molecule has 0 radical (unpaired) electrons. The largest absolute Gasteiger partial charge is 0.351 e. The zero-order valence-corrected chi connectivity index (χ0v) is 10.3. The Labute approximate surface area is 98.4 Å². The number of amides is 1. The summed E-state index contributed by atoms with van der Waals surface area (Å²) >= 11 is 0. The molecule has 2 rings (SSSR count). The molecule has 0 aromatic rings. The molecule has 3 heteroatoms. The van der Waals surface area contributed by atoms with E-state index in [1.807, 2.05) is 0 Å². The van der Waals surface area contributed by atoms with Crippen LogP contribution in [0.2, 0.25) is 0 Å². The van der Waals surface area contributed by atoms with Crippen LogP contribution in [0.15, 0.2) is 0 Å². The minimum atomic E-state index is 0.167. The van der Waals surface area contributed by atoms with E-state index in [1.165, 1.54) is 32.1 Å². The van der Waals surface area contributed by atoms with E-state index in [9.17, 15) is 4.79 Å². The quantitative estimate of drug-likeness (QED) is 0.749. The van der Waals surface area contributed by atoms with Crippen molar-refractivity contribution >= 4 is 5.91 Å². The molecule has 0 aromatic carbocycles. The van der Waals surface area contributed by atoms with Crippen LogP contribution in [0.3, 0.4) is 0 Å². The van der Waals surface area contributed by atoms with Crippen molar-refractivity contribution in [1.82, 2.24) is 10.6 Å². The van der Waals surface area contributed by atoms with Gasteiger partial charge in [-0.2, -0.15) is 0 Å². The second-order valence-electron chi connectivity index (χ2n) is 5.37. The van der Waals surface area contributed by atoms with Crippen LogP contribution in [0.25, 0.3) is 0 Å². The lowest BCUT2D eigenvalue weighted by Crippen LogP contribution is -2.53. The van der Waals surface area contributed by atoms with E-state index >= 15 is 0 Å². The minimum Gasteiger partial charge on any atom is -0.351 e. The summed E-state index contributed by atoms with van der Waals surface area (Å²) in [4.78, 5) is 11.8. The van der Waals surface area contributed by atoms with Gasteiger partial charge >= 0.3 is 0 Å². The van der Waals surface area contributed by atoms with Gasteiger partial charge < -0.3 is 10.6 Å². The number of carbonyl (C=O) groups excluding carboxylic acids is 1. The van der Waals surface area contributed by atoms with Crippen LogP contribution < -0.4 is 10.6 Å². The molecule has 2 aliphatic rings. The molecule has 1 aliphatic carbocycles. The first-order chi connectivity index (χ1) is 7.74. The van der Waals surface area contributed by atoms with Crippen molar-refractivity contribution in [3.05, 3.63) is 0 Å². The maximum atomic E-state index is 11.8. The third kappa shape index (κ3) is 2.76. The van der Waals surface area contributed by atoms with Crippen molar-refractivity contribution in [3.8, 4) is 0 Å². The molecule has 0 aromatic heterocycles. The molecule has 2 fully saturated rings. The topological polar surface area (TPSA) is 41.1 Å². The maximum absolute atomic E-state index is 11.8. The average Bonchev–Trinajstić information content (AvgIpc) is 2.73.